The van der Waals surface area contributed by atoms with Gasteiger partial charge < -0.3 is 10.2 Å². The van der Waals surface area contributed by atoms with Crippen molar-refractivity contribution in [2.75, 3.05) is 0 Å². The molecule has 1 aromatic carbocycles. The fourth-order valence-corrected chi connectivity index (χ4v) is 1.78. The average molecular weight is 164 g/mol. The first-order chi connectivity index (χ1) is 5.61. The van der Waals surface area contributed by atoms with Gasteiger partial charge >= 0.3 is 0 Å². The van der Waals surface area contributed by atoms with Gasteiger partial charge in [0.25, 0.3) is 0 Å². The largest absolute Gasteiger partial charge is 0.387 e. The summed E-state index contributed by atoms with van der Waals surface area (Å²) in [6.07, 6.45) is -0.182. The van der Waals surface area contributed by atoms with Gasteiger partial charge in [0.15, 0.2) is 0 Å². The third-order valence-electron chi connectivity index (χ3n) is 2.49. The minimum Gasteiger partial charge on any atom is -0.387 e. The molecule has 2 heteroatoms. The number of hydrogen-bond donors (Lipinski definition) is 2. The molecule has 1 aliphatic carbocycles. The summed E-state index contributed by atoms with van der Waals surface area (Å²) in [5, 5.41) is 19.4. The average Bonchev–Trinajstić information content (AvgIpc) is 2.24. The van der Waals surface area contributed by atoms with Gasteiger partial charge in [0.05, 0.1) is 5.60 Å². The topological polar surface area (TPSA) is 40.5 Å². The summed E-state index contributed by atoms with van der Waals surface area (Å²) in [6.45, 7) is 1.66. The molecule has 2 nitrogen and oxygen atoms in total. The van der Waals surface area contributed by atoms with Crippen LogP contribution in [-0.2, 0) is 6.42 Å². The molecule has 1 aromatic rings. The van der Waals surface area contributed by atoms with Crippen molar-refractivity contribution in [3.8, 4) is 0 Å². The van der Waals surface area contributed by atoms with Crippen LogP contribution in [0, 0.1) is 0 Å². The van der Waals surface area contributed by atoms with Gasteiger partial charge in [-0.25, -0.2) is 0 Å². The lowest BCUT2D eigenvalue weighted by molar-refractivity contribution is -0.0499. The normalized spacial score (nSPS) is 33.4. The fraction of sp³-hybridized carbons (Fsp3) is 0.400. The van der Waals surface area contributed by atoms with Crippen LogP contribution in [-0.4, -0.2) is 15.8 Å². The highest BCUT2D eigenvalue weighted by Gasteiger charge is 2.39. The highest BCUT2D eigenvalue weighted by atomic mass is 16.3. The second-order valence-electron chi connectivity index (χ2n) is 3.64. The molecule has 12 heavy (non-hydrogen) atoms. The molecular weight excluding hydrogens is 152 g/mol. The molecule has 0 saturated heterocycles. The van der Waals surface area contributed by atoms with Gasteiger partial charge in [-0.15, -0.1) is 0 Å². The Balaban J connectivity index is 2.49. The van der Waals surface area contributed by atoms with Crippen LogP contribution in [0.5, 0.6) is 0 Å². The van der Waals surface area contributed by atoms with E-state index in [0.717, 1.165) is 11.1 Å². The van der Waals surface area contributed by atoms with Gasteiger partial charge in [-0.2, -0.15) is 0 Å². The molecule has 0 heterocycles. The first-order valence-electron chi connectivity index (χ1n) is 4.09. The van der Waals surface area contributed by atoms with E-state index in [9.17, 15) is 10.2 Å². The molecule has 2 atom stereocenters. The number of benzene rings is 1. The molecule has 64 valence electrons. The van der Waals surface area contributed by atoms with Crippen LogP contribution in [0.25, 0.3) is 0 Å². The van der Waals surface area contributed by atoms with Gasteiger partial charge in [0.1, 0.15) is 6.10 Å². The standard InChI is InChI=1S/C10H12O2/c1-10(12)6-7-4-2-3-5-8(7)9(10)11/h2-5,9,11-12H,6H2,1H3/t9-,10-/m0/s1. The highest BCUT2D eigenvalue weighted by Crippen LogP contribution is 2.38. The summed E-state index contributed by atoms with van der Waals surface area (Å²) in [7, 11) is 0. The Morgan fingerprint density at radius 1 is 1.42 bits per heavy atom. The van der Waals surface area contributed by atoms with Crippen molar-refractivity contribution in [3.05, 3.63) is 35.4 Å². The van der Waals surface area contributed by atoms with Crippen LogP contribution in [0.4, 0.5) is 0 Å². The lowest BCUT2D eigenvalue weighted by Gasteiger charge is -2.20. The van der Waals surface area contributed by atoms with Crippen molar-refractivity contribution < 1.29 is 10.2 Å². The molecule has 2 rings (SSSR count). The zero-order valence-corrected chi connectivity index (χ0v) is 6.99. The lowest BCUT2D eigenvalue weighted by Crippen LogP contribution is -2.29. The van der Waals surface area contributed by atoms with Gasteiger partial charge in [-0.3, -0.25) is 0 Å². The number of rotatable bonds is 0. The Labute approximate surface area is 71.5 Å². The van der Waals surface area contributed by atoms with E-state index in [1.165, 1.54) is 0 Å². The maximum absolute atomic E-state index is 9.73. The molecule has 2 N–H and O–H groups in total. The highest BCUT2D eigenvalue weighted by molar-refractivity contribution is 5.37. The van der Waals surface area contributed by atoms with Crippen LogP contribution in [0.1, 0.15) is 24.2 Å². The van der Waals surface area contributed by atoms with E-state index in [1.807, 2.05) is 24.3 Å². The van der Waals surface area contributed by atoms with E-state index in [-0.39, 0.29) is 0 Å². The lowest BCUT2D eigenvalue weighted by atomic mass is 10.0. The van der Waals surface area contributed by atoms with Gasteiger partial charge in [-0.1, -0.05) is 24.3 Å². The maximum atomic E-state index is 9.73. The number of aliphatic hydroxyl groups is 2. The van der Waals surface area contributed by atoms with Crippen molar-refractivity contribution >= 4 is 0 Å². The third kappa shape index (κ3) is 0.958. The van der Waals surface area contributed by atoms with Crippen LogP contribution in [0.3, 0.4) is 0 Å². The second-order valence-corrected chi connectivity index (χ2v) is 3.64. The zero-order valence-electron chi connectivity index (χ0n) is 6.99. The van der Waals surface area contributed by atoms with Gasteiger partial charge in [0, 0.05) is 6.42 Å². The number of fused-ring (bicyclic) bond motifs is 1. The van der Waals surface area contributed by atoms with Gasteiger partial charge in [-0.05, 0) is 18.1 Å². The van der Waals surface area contributed by atoms with Crippen molar-refractivity contribution in [3.63, 3.8) is 0 Å². The van der Waals surface area contributed by atoms with Crippen LogP contribution in [0.15, 0.2) is 24.3 Å². The minimum absolute atomic E-state index is 0.546. The predicted molar refractivity (Wildman–Crippen MR) is 45.7 cm³/mol. The molecule has 0 fully saturated rings. The van der Waals surface area contributed by atoms with E-state index in [0.29, 0.717) is 6.42 Å². The number of hydrogen-bond acceptors (Lipinski definition) is 2. The Morgan fingerprint density at radius 3 is 2.75 bits per heavy atom. The van der Waals surface area contributed by atoms with Crippen LogP contribution in [0.2, 0.25) is 0 Å². The Hall–Kier alpha value is -0.860. The summed E-state index contributed by atoms with van der Waals surface area (Å²) in [4.78, 5) is 0. The fourth-order valence-electron chi connectivity index (χ4n) is 1.78. The molecule has 0 radical (unpaired) electrons. The molecule has 0 unspecified atom stereocenters. The van der Waals surface area contributed by atoms with Crippen molar-refractivity contribution in [1.29, 1.82) is 0 Å². The monoisotopic (exact) mass is 164 g/mol. The summed E-state index contributed by atoms with van der Waals surface area (Å²) < 4.78 is 0. The summed E-state index contributed by atoms with van der Waals surface area (Å²) >= 11 is 0. The maximum Gasteiger partial charge on any atom is 0.108 e. The zero-order chi connectivity index (χ0) is 8.77. The van der Waals surface area contributed by atoms with Crippen LogP contribution >= 0.6 is 0 Å². The SMILES string of the molecule is C[C@]1(O)Cc2ccccc2[C@@H]1O. The van der Waals surface area contributed by atoms with Crippen molar-refractivity contribution in [1.82, 2.24) is 0 Å². The molecule has 0 spiro atoms. The molecule has 1 aliphatic rings. The molecule has 0 bridgehead atoms. The van der Waals surface area contributed by atoms with Crippen molar-refractivity contribution in [2.24, 2.45) is 0 Å². The molecule has 0 aromatic heterocycles. The first kappa shape index (κ1) is 7.77. The van der Waals surface area contributed by atoms with E-state index in [1.54, 1.807) is 6.92 Å². The Morgan fingerprint density at radius 2 is 2.08 bits per heavy atom. The molecule has 0 amide bonds. The molecule has 0 aliphatic heterocycles. The summed E-state index contributed by atoms with van der Waals surface area (Å²) in [6, 6.07) is 7.61. The molecule has 0 saturated carbocycles. The summed E-state index contributed by atoms with van der Waals surface area (Å²) in [5.41, 5.74) is 0.932. The van der Waals surface area contributed by atoms with Crippen LogP contribution < -0.4 is 0 Å². The van der Waals surface area contributed by atoms with Gasteiger partial charge in [0.2, 0.25) is 0 Å². The van der Waals surface area contributed by atoms with E-state index in [4.69, 9.17) is 0 Å². The number of aliphatic hydroxyl groups excluding tert-OH is 1. The molecular formula is C10H12O2. The summed E-state index contributed by atoms with van der Waals surface area (Å²) in [5.74, 6) is 0. The van der Waals surface area contributed by atoms with E-state index in [2.05, 4.69) is 0 Å². The Bertz CT molecular complexity index is 304. The smallest absolute Gasteiger partial charge is 0.108 e. The second kappa shape index (κ2) is 2.31. The van der Waals surface area contributed by atoms with E-state index >= 15 is 0 Å². The van der Waals surface area contributed by atoms with Crippen molar-refractivity contribution in [2.45, 2.75) is 25.0 Å². The third-order valence-corrected chi connectivity index (χ3v) is 2.49. The first-order valence-corrected chi connectivity index (χ1v) is 4.09. The minimum atomic E-state index is -0.982. The quantitative estimate of drug-likeness (QED) is 0.601. The Kier molecular flexibility index (Phi) is 1.50. The predicted octanol–water partition coefficient (Wildman–Crippen LogP) is 1.03. The van der Waals surface area contributed by atoms with E-state index < -0.39 is 11.7 Å².